The van der Waals surface area contributed by atoms with Crippen LogP contribution in [0.1, 0.15) is 49.9 Å². The molecule has 2 aliphatic rings. The van der Waals surface area contributed by atoms with Gasteiger partial charge in [-0.15, -0.1) is 0 Å². The molecule has 1 N–H and O–H groups in total. The number of nitrogens with one attached hydrogen (secondary N) is 1. The third kappa shape index (κ3) is 6.73. The van der Waals surface area contributed by atoms with E-state index >= 15 is 0 Å². The summed E-state index contributed by atoms with van der Waals surface area (Å²) in [6, 6.07) is 4.81. The molecule has 0 aromatic heterocycles. The Labute approximate surface area is 208 Å². The number of ether oxygens (including phenoxy) is 3. The molecule has 0 radical (unpaired) electrons. The summed E-state index contributed by atoms with van der Waals surface area (Å²) in [5, 5.41) is 2.74. The van der Waals surface area contributed by atoms with Crippen molar-refractivity contribution >= 4 is 23.4 Å². The van der Waals surface area contributed by atoms with Gasteiger partial charge < -0.3 is 29.3 Å². The highest BCUT2D eigenvalue weighted by molar-refractivity contribution is 5.99. The first kappa shape index (κ1) is 26.9. The van der Waals surface area contributed by atoms with Gasteiger partial charge in [0.2, 0.25) is 11.8 Å². The van der Waals surface area contributed by atoms with Gasteiger partial charge in [-0.25, -0.2) is 0 Å². The molecule has 0 bridgehead atoms. The Hall–Kier alpha value is -2.65. The molecule has 1 aliphatic carbocycles. The largest absolute Gasteiger partial charge is 0.491 e. The van der Waals surface area contributed by atoms with Crippen molar-refractivity contribution in [2.45, 2.75) is 51.7 Å². The number of hydrogen-bond donors (Lipinski definition) is 1. The molecule has 1 fully saturated rings. The molecular formula is C26H39N3O6. The number of rotatable bonds is 5. The van der Waals surface area contributed by atoms with Crippen LogP contribution in [0.4, 0.5) is 5.69 Å². The van der Waals surface area contributed by atoms with E-state index in [0.717, 1.165) is 25.7 Å². The Morgan fingerprint density at radius 1 is 1.14 bits per heavy atom. The number of carbonyl (C=O) groups is 3. The van der Waals surface area contributed by atoms with E-state index in [2.05, 4.69) is 12.2 Å². The van der Waals surface area contributed by atoms with Crippen LogP contribution in [-0.2, 0) is 19.1 Å². The Morgan fingerprint density at radius 3 is 2.51 bits per heavy atom. The fraction of sp³-hybridized carbons (Fsp3) is 0.654. The number of methoxy groups -OCH3 is 2. The van der Waals surface area contributed by atoms with Gasteiger partial charge in [0.25, 0.3) is 5.91 Å². The van der Waals surface area contributed by atoms with E-state index in [0.29, 0.717) is 30.1 Å². The van der Waals surface area contributed by atoms with E-state index in [-0.39, 0.29) is 54.9 Å². The molecule has 3 rings (SSSR count). The minimum absolute atomic E-state index is 0.0154. The molecule has 1 saturated carbocycles. The Balaban J connectivity index is 1.92. The highest BCUT2D eigenvalue weighted by Gasteiger charge is 2.34. The fourth-order valence-corrected chi connectivity index (χ4v) is 4.90. The first-order valence-corrected chi connectivity index (χ1v) is 12.4. The van der Waals surface area contributed by atoms with Crippen molar-refractivity contribution in [3.63, 3.8) is 0 Å². The first-order chi connectivity index (χ1) is 16.7. The molecule has 9 heteroatoms. The zero-order chi connectivity index (χ0) is 25.5. The average molecular weight is 490 g/mol. The number of likely N-dealkylation sites (N-methyl/N-ethyl adjacent to an activating group) is 1. The van der Waals surface area contributed by atoms with Crippen molar-refractivity contribution in [2.75, 3.05) is 52.9 Å². The lowest BCUT2D eigenvalue weighted by molar-refractivity contribution is -0.139. The molecule has 1 aliphatic heterocycles. The third-order valence-corrected chi connectivity index (χ3v) is 6.99. The lowest BCUT2D eigenvalue weighted by Crippen LogP contribution is -2.50. The predicted molar refractivity (Wildman–Crippen MR) is 132 cm³/mol. The van der Waals surface area contributed by atoms with Crippen LogP contribution in [0.5, 0.6) is 5.75 Å². The quantitative estimate of drug-likeness (QED) is 0.683. The van der Waals surface area contributed by atoms with Crippen molar-refractivity contribution in [2.24, 2.45) is 11.8 Å². The number of carbonyl (C=O) groups excluding carboxylic acids is 3. The number of amides is 3. The van der Waals surface area contributed by atoms with Crippen LogP contribution in [0.15, 0.2) is 18.2 Å². The van der Waals surface area contributed by atoms with Crippen molar-refractivity contribution in [1.82, 2.24) is 9.80 Å². The highest BCUT2D eigenvalue weighted by Crippen LogP contribution is 2.30. The molecule has 0 saturated heterocycles. The number of fused-ring (bicyclic) bond motifs is 1. The van der Waals surface area contributed by atoms with Crippen LogP contribution in [0.2, 0.25) is 0 Å². The molecule has 1 heterocycles. The molecule has 35 heavy (non-hydrogen) atoms. The zero-order valence-electron chi connectivity index (χ0n) is 21.5. The molecule has 3 atom stereocenters. The summed E-state index contributed by atoms with van der Waals surface area (Å²) in [6.45, 7) is 5.10. The van der Waals surface area contributed by atoms with Gasteiger partial charge >= 0.3 is 0 Å². The van der Waals surface area contributed by atoms with Crippen molar-refractivity contribution < 1.29 is 28.6 Å². The molecule has 194 valence electrons. The van der Waals surface area contributed by atoms with Gasteiger partial charge in [-0.2, -0.15) is 0 Å². The van der Waals surface area contributed by atoms with Gasteiger partial charge in [-0.1, -0.05) is 19.8 Å². The second kappa shape index (κ2) is 12.4. The first-order valence-electron chi connectivity index (χ1n) is 12.4. The number of hydrogen-bond acceptors (Lipinski definition) is 6. The number of benzene rings is 1. The SMILES string of the molecule is COCC(=O)Nc1ccc2c(c1)C(=O)N(C)C[C@H](OC)[C@@H](C)CN(C(=O)C1CCCC1)[C@H](C)CO2. The molecular weight excluding hydrogens is 450 g/mol. The molecule has 0 spiro atoms. The predicted octanol–water partition coefficient (Wildman–Crippen LogP) is 2.79. The van der Waals surface area contributed by atoms with Crippen LogP contribution in [0, 0.1) is 11.8 Å². The van der Waals surface area contributed by atoms with E-state index < -0.39 is 0 Å². The molecule has 3 amide bonds. The summed E-state index contributed by atoms with van der Waals surface area (Å²) in [6.07, 6.45) is 3.80. The van der Waals surface area contributed by atoms with Crippen LogP contribution in [-0.4, -0.2) is 87.2 Å². The Morgan fingerprint density at radius 2 is 1.86 bits per heavy atom. The maximum absolute atomic E-state index is 13.4. The van der Waals surface area contributed by atoms with Crippen molar-refractivity contribution in [3.8, 4) is 5.75 Å². The average Bonchev–Trinajstić information content (AvgIpc) is 3.38. The van der Waals surface area contributed by atoms with E-state index in [1.165, 1.54) is 7.11 Å². The maximum Gasteiger partial charge on any atom is 0.257 e. The van der Waals surface area contributed by atoms with Crippen LogP contribution in [0.3, 0.4) is 0 Å². The van der Waals surface area contributed by atoms with Crippen LogP contribution >= 0.6 is 0 Å². The zero-order valence-corrected chi connectivity index (χ0v) is 21.5. The van der Waals surface area contributed by atoms with E-state index in [1.807, 2.05) is 11.8 Å². The third-order valence-electron chi connectivity index (χ3n) is 6.99. The van der Waals surface area contributed by atoms with Crippen LogP contribution in [0.25, 0.3) is 0 Å². The summed E-state index contributed by atoms with van der Waals surface area (Å²) in [4.78, 5) is 42.4. The van der Waals surface area contributed by atoms with Gasteiger partial charge in [0.1, 0.15) is 19.0 Å². The monoisotopic (exact) mass is 489 g/mol. The summed E-state index contributed by atoms with van der Waals surface area (Å²) < 4.78 is 16.8. The standard InChI is InChI=1S/C26H39N3O6/c1-17-13-29(25(31)19-8-6-7-9-19)18(2)15-35-22-11-10-20(27-24(30)16-33-4)12-21(22)26(32)28(3)14-23(17)34-5/h10-12,17-19,23H,6-9,13-16H2,1-5H3,(H,27,30)/t17-,18+,23-/m0/s1. The maximum atomic E-state index is 13.4. The van der Waals surface area contributed by atoms with Gasteiger partial charge in [0.15, 0.2) is 0 Å². The smallest absolute Gasteiger partial charge is 0.257 e. The minimum Gasteiger partial charge on any atom is -0.491 e. The fourth-order valence-electron chi connectivity index (χ4n) is 4.90. The summed E-state index contributed by atoms with van der Waals surface area (Å²) in [5.41, 5.74) is 0.817. The Kier molecular flexibility index (Phi) is 9.51. The van der Waals surface area contributed by atoms with E-state index in [4.69, 9.17) is 14.2 Å². The van der Waals surface area contributed by atoms with E-state index in [9.17, 15) is 14.4 Å². The van der Waals surface area contributed by atoms with Gasteiger partial charge in [0, 0.05) is 51.9 Å². The summed E-state index contributed by atoms with van der Waals surface area (Å²) in [7, 11) is 4.80. The number of anilines is 1. The van der Waals surface area contributed by atoms with Crippen molar-refractivity contribution in [1.29, 1.82) is 0 Å². The van der Waals surface area contributed by atoms with E-state index in [1.54, 1.807) is 37.3 Å². The number of nitrogens with zero attached hydrogens (tertiary/aromatic N) is 2. The normalized spacial score (nSPS) is 24.3. The lowest BCUT2D eigenvalue weighted by Gasteiger charge is -2.37. The van der Waals surface area contributed by atoms with Crippen LogP contribution < -0.4 is 10.1 Å². The minimum atomic E-state index is -0.315. The summed E-state index contributed by atoms with van der Waals surface area (Å²) in [5.74, 6) is 0.122. The van der Waals surface area contributed by atoms with Gasteiger partial charge in [0.05, 0.1) is 17.7 Å². The van der Waals surface area contributed by atoms with Gasteiger partial charge in [-0.05, 0) is 38.0 Å². The molecule has 9 nitrogen and oxygen atoms in total. The lowest BCUT2D eigenvalue weighted by atomic mass is 9.99. The molecule has 1 aromatic rings. The topological polar surface area (TPSA) is 97.4 Å². The molecule has 0 unspecified atom stereocenters. The highest BCUT2D eigenvalue weighted by atomic mass is 16.5. The molecule has 1 aromatic carbocycles. The summed E-state index contributed by atoms with van der Waals surface area (Å²) >= 11 is 0. The Bertz CT molecular complexity index is 901. The second-order valence-electron chi connectivity index (χ2n) is 9.76. The van der Waals surface area contributed by atoms with Gasteiger partial charge in [-0.3, -0.25) is 14.4 Å². The van der Waals surface area contributed by atoms with Crippen molar-refractivity contribution in [3.05, 3.63) is 23.8 Å². The second-order valence-corrected chi connectivity index (χ2v) is 9.76.